The van der Waals surface area contributed by atoms with Crippen molar-refractivity contribution < 1.29 is 22.3 Å². The Hall–Kier alpha value is -3.73. The van der Waals surface area contributed by atoms with Gasteiger partial charge in [-0.3, -0.25) is 9.30 Å². The summed E-state index contributed by atoms with van der Waals surface area (Å²) in [5.74, 6) is 0.0492. The summed E-state index contributed by atoms with van der Waals surface area (Å²) in [6.07, 6.45) is -0.794. The number of hydrogen-bond acceptors (Lipinski definition) is 6. The second-order valence-corrected chi connectivity index (χ2v) is 9.89. The van der Waals surface area contributed by atoms with Crippen LogP contribution in [0.2, 0.25) is 0 Å². The van der Waals surface area contributed by atoms with Crippen LogP contribution < -0.4 is 9.64 Å². The molecule has 0 N–H and O–H groups in total. The second kappa shape index (κ2) is 10.8. The zero-order valence-electron chi connectivity index (χ0n) is 22.0. The standard InChI is InChI=1S/C28H30F4N6O/c1-18(2)36-11-13-37(14-12-36)27-23(28(30,31)32)15-19(16-33-27)21-9-7-20(38-17-34-35-26(21)38)8-10-22-24(29)5-4-6-25(22)39-3/h4-7,9,15-18H,8,10-14H2,1-3H3. The largest absolute Gasteiger partial charge is 0.496 e. The Kier molecular flexibility index (Phi) is 7.44. The molecule has 0 radical (unpaired) electrons. The van der Waals surface area contributed by atoms with E-state index in [1.807, 2.05) is 0 Å². The Morgan fingerprint density at radius 2 is 1.79 bits per heavy atom. The Labute approximate surface area is 224 Å². The molecule has 3 aromatic heterocycles. The number of aryl methyl sites for hydroxylation is 1. The Morgan fingerprint density at radius 1 is 1.03 bits per heavy atom. The molecule has 4 heterocycles. The van der Waals surface area contributed by atoms with E-state index >= 15 is 0 Å². The predicted molar refractivity (Wildman–Crippen MR) is 141 cm³/mol. The van der Waals surface area contributed by atoms with Gasteiger partial charge in [0.1, 0.15) is 23.7 Å². The van der Waals surface area contributed by atoms with Gasteiger partial charge in [-0.05, 0) is 57.0 Å². The molecule has 1 saturated heterocycles. The number of pyridine rings is 2. The van der Waals surface area contributed by atoms with Gasteiger partial charge in [0.15, 0.2) is 5.65 Å². The third-order valence-corrected chi connectivity index (χ3v) is 7.29. The van der Waals surface area contributed by atoms with Gasteiger partial charge < -0.3 is 9.64 Å². The van der Waals surface area contributed by atoms with Crippen molar-refractivity contribution in [2.45, 2.75) is 38.9 Å². The van der Waals surface area contributed by atoms with Crippen molar-refractivity contribution in [3.63, 3.8) is 0 Å². The second-order valence-electron chi connectivity index (χ2n) is 9.89. The molecule has 7 nitrogen and oxygen atoms in total. The fourth-order valence-corrected chi connectivity index (χ4v) is 5.13. The van der Waals surface area contributed by atoms with Crippen LogP contribution in [0.25, 0.3) is 16.8 Å². The van der Waals surface area contributed by atoms with Gasteiger partial charge in [-0.1, -0.05) is 6.07 Å². The van der Waals surface area contributed by atoms with Crippen molar-refractivity contribution in [1.29, 1.82) is 0 Å². The molecule has 1 aliphatic heterocycles. The minimum atomic E-state index is -4.57. The molecule has 0 unspecified atom stereocenters. The quantitative estimate of drug-likeness (QED) is 0.297. The highest BCUT2D eigenvalue weighted by molar-refractivity contribution is 5.78. The first-order chi connectivity index (χ1) is 18.7. The van der Waals surface area contributed by atoms with Gasteiger partial charge in [0.05, 0.1) is 12.7 Å². The van der Waals surface area contributed by atoms with E-state index in [1.165, 1.54) is 25.7 Å². The number of rotatable bonds is 7. The number of fused-ring (bicyclic) bond motifs is 1. The minimum absolute atomic E-state index is 0.0531. The molecule has 11 heteroatoms. The van der Waals surface area contributed by atoms with E-state index in [2.05, 4.69) is 33.9 Å². The van der Waals surface area contributed by atoms with E-state index in [4.69, 9.17) is 4.74 Å². The number of benzene rings is 1. The van der Waals surface area contributed by atoms with Crippen LogP contribution in [-0.4, -0.2) is 63.8 Å². The lowest BCUT2D eigenvalue weighted by molar-refractivity contribution is -0.137. The van der Waals surface area contributed by atoms with Gasteiger partial charge in [0.25, 0.3) is 0 Å². The van der Waals surface area contributed by atoms with Crippen LogP contribution in [0.5, 0.6) is 5.75 Å². The van der Waals surface area contributed by atoms with Crippen LogP contribution in [0, 0.1) is 5.82 Å². The number of hydrogen-bond donors (Lipinski definition) is 0. The number of halogens is 4. The molecule has 39 heavy (non-hydrogen) atoms. The van der Waals surface area contributed by atoms with Crippen LogP contribution in [-0.2, 0) is 19.0 Å². The zero-order valence-corrected chi connectivity index (χ0v) is 22.0. The number of aromatic nitrogens is 4. The average Bonchev–Trinajstić information content (AvgIpc) is 3.42. The Balaban J connectivity index is 1.46. The van der Waals surface area contributed by atoms with Crippen LogP contribution in [0.15, 0.2) is 48.9 Å². The van der Waals surface area contributed by atoms with E-state index in [1.54, 1.807) is 33.6 Å². The predicted octanol–water partition coefficient (Wildman–Crippen LogP) is 5.27. The highest BCUT2D eigenvalue weighted by Crippen LogP contribution is 2.39. The summed E-state index contributed by atoms with van der Waals surface area (Å²) >= 11 is 0. The number of piperazine rings is 1. The Bertz CT molecular complexity index is 1460. The SMILES string of the molecule is COc1cccc(F)c1CCc1ccc(-c2cnc(N3CCN(C(C)C)CC3)c(C(F)(F)F)c2)c2nncn12. The molecule has 4 aromatic rings. The molecule has 1 aliphatic rings. The van der Waals surface area contributed by atoms with Gasteiger partial charge in [-0.25, -0.2) is 9.37 Å². The maximum Gasteiger partial charge on any atom is 0.419 e. The molecule has 5 rings (SSSR count). The van der Waals surface area contributed by atoms with E-state index in [0.717, 1.165) is 11.8 Å². The van der Waals surface area contributed by atoms with Crippen molar-refractivity contribution in [3.8, 4) is 16.9 Å². The van der Waals surface area contributed by atoms with Crippen LogP contribution in [0.1, 0.15) is 30.7 Å². The maximum absolute atomic E-state index is 14.4. The molecule has 1 fully saturated rings. The molecule has 0 atom stereocenters. The van der Waals surface area contributed by atoms with Crippen molar-refractivity contribution in [1.82, 2.24) is 24.5 Å². The van der Waals surface area contributed by atoms with E-state index in [-0.39, 0.29) is 11.6 Å². The summed E-state index contributed by atoms with van der Waals surface area (Å²) in [7, 11) is 1.49. The lowest BCUT2D eigenvalue weighted by atomic mass is 10.0. The van der Waals surface area contributed by atoms with E-state index in [0.29, 0.717) is 73.1 Å². The number of alkyl halides is 3. The monoisotopic (exact) mass is 542 g/mol. The fraction of sp³-hybridized carbons (Fsp3) is 0.393. The number of anilines is 1. The number of nitrogens with zero attached hydrogens (tertiary/aromatic N) is 6. The van der Waals surface area contributed by atoms with Gasteiger partial charge in [0, 0.05) is 60.8 Å². The van der Waals surface area contributed by atoms with Crippen LogP contribution in [0.3, 0.4) is 0 Å². The molecule has 0 aliphatic carbocycles. The summed E-state index contributed by atoms with van der Waals surface area (Å²) in [4.78, 5) is 8.25. The van der Waals surface area contributed by atoms with Crippen LogP contribution in [0.4, 0.5) is 23.4 Å². The summed E-state index contributed by atoms with van der Waals surface area (Å²) in [5.41, 5.74) is 1.65. The van der Waals surface area contributed by atoms with Crippen molar-refractivity contribution in [3.05, 3.63) is 71.6 Å². The summed E-state index contributed by atoms with van der Waals surface area (Å²) < 4.78 is 64.1. The van der Waals surface area contributed by atoms with Gasteiger partial charge in [0.2, 0.25) is 0 Å². The Morgan fingerprint density at radius 3 is 2.49 bits per heavy atom. The average molecular weight is 543 g/mol. The molecule has 0 amide bonds. The normalized spacial score (nSPS) is 14.9. The molecule has 1 aromatic carbocycles. The lowest BCUT2D eigenvalue weighted by Gasteiger charge is -2.38. The number of methoxy groups -OCH3 is 1. The molecule has 0 saturated carbocycles. The minimum Gasteiger partial charge on any atom is -0.496 e. The maximum atomic E-state index is 14.4. The third-order valence-electron chi connectivity index (χ3n) is 7.29. The van der Waals surface area contributed by atoms with Crippen molar-refractivity contribution in [2.24, 2.45) is 0 Å². The van der Waals surface area contributed by atoms with E-state index < -0.39 is 11.7 Å². The molecule has 206 valence electrons. The first-order valence-corrected chi connectivity index (χ1v) is 12.9. The lowest BCUT2D eigenvalue weighted by Crippen LogP contribution is -2.49. The highest BCUT2D eigenvalue weighted by atomic mass is 19.4. The topological polar surface area (TPSA) is 58.8 Å². The highest BCUT2D eigenvalue weighted by Gasteiger charge is 2.37. The fourth-order valence-electron chi connectivity index (χ4n) is 5.13. The third kappa shape index (κ3) is 5.40. The van der Waals surface area contributed by atoms with Gasteiger partial charge >= 0.3 is 6.18 Å². The van der Waals surface area contributed by atoms with Gasteiger partial charge in [-0.15, -0.1) is 10.2 Å². The van der Waals surface area contributed by atoms with Crippen LogP contribution >= 0.6 is 0 Å². The summed E-state index contributed by atoms with van der Waals surface area (Å²) in [6.45, 7) is 6.47. The summed E-state index contributed by atoms with van der Waals surface area (Å²) in [5, 5.41) is 8.18. The molecular weight excluding hydrogens is 512 g/mol. The number of ether oxygens (including phenoxy) is 1. The molecular formula is C28H30F4N6O. The van der Waals surface area contributed by atoms with E-state index in [9.17, 15) is 17.6 Å². The first kappa shape index (κ1) is 26.9. The molecule has 0 spiro atoms. The van der Waals surface area contributed by atoms with Crippen molar-refractivity contribution >= 4 is 11.5 Å². The summed E-state index contributed by atoms with van der Waals surface area (Å²) in [6, 6.07) is 9.67. The smallest absolute Gasteiger partial charge is 0.419 e. The zero-order chi connectivity index (χ0) is 27.7. The first-order valence-electron chi connectivity index (χ1n) is 12.9. The molecule has 0 bridgehead atoms. The van der Waals surface area contributed by atoms with Crippen molar-refractivity contribution in [2.75, 3.05) is 38.2 Å². The van der Waals surface area contributed by atoms with Gasteiger partial charge in [-0.2, -0.15) is 13.2 Å².